The molecule has 2 aliphatic rings. The van der Waals surface area contributed by atoms with Gasteiger partial charge in [0.1, 0.15) is 0 Å². The highest BCUT2D eigenvalue weighted by molar-refractivity contribution is 6.33. The van der Waals surface area contributed by atoms with Crippen LogP contribution in [0.2, 0.25) is 5.02 Å². The summed E-state index contributed by atoms with van der Waals surface area (Å²) in [5.41, 5.74) is 1.50. The number of piperidine rings is 1. The molecule has 2 fully saturated rings. The molecule has 96 valence electrons. The van der Waals surface area contributed by atoms with E-state index < -0.39 is 0 Å². The largest absolute Gasteiger partial charge is 0.393 e. The minimum atomic E-state index is -0.197. The number of halogens is 1. The topological polar surface area (TPSA) is 40.5 Å². The van der Waals surface area contributed by atoms with Gasteiger partial charge in [-0.05, 0) is 37.8 Å². The zero-order valence-electron chi connectivity index (χ0n) is 10.1. The molecule has 0 aliphatic carbocycles. The van der Waals surface area contributed by atoms with Crippen LogP contribution in [0.5, 0.6) is 0 Å². The second-order valence-corrected chi connectivity index (χ2v) is 5.62. The summed E-state index contributed by atoms with van der Waals surface area (Å²) in [6.07, 6.45) is 4.40. The summed E-state index contributed by atoms with van der Waals surface area (Å²) < 4.78 is 0. The van der Waals surface area contributed by atoms with Crippen molar-refractivity contribution in [2.24, 2.45) is 0 Å². The van der Waals surface area contributed by atoms with E-state index in [1.165, 1.54) is 0 Å². The molecule has 2 unspecified atom stereocenters. The fourth-order valence-corrected chi connectivity index (χ4v) is 3.62. The van der Waals surface area contributed by atoms with Crippen molar-refractivity contribution >= 4 is 23.6 Å². The molecule has 2 saturated heterocycles. The molecule has 2 bridgehead atoms. The van der Waals surface area contributed by atoms with E-state index in [2.05, 4.69) is 4.90 Å². The molecule has 0 aromatic heterocycles. The monoisotopic (exact) mass is 265 g/mol. The standard InChI is InChI=1S/C14H16ClNO2/c15-13-2-1-3-14(12(13)8-17)16-9-4-5-10(16)7-11(18)6-9/h1-3,8-11,18H,4-7H2. The van der Waals surface area contributed by atoms with Crippen molar-refractivity contribution in [1.29, 1.82) is 0 Å². The third-order valence-electron chi connectivity index (χ3n) is 4.13. The molecule has 2 atom stereocenters. The maximum Gasteiger partial charge on any atom is 0.153 e. The molecule has 3 rings (SSSR count). The van der Waals surface area contributed by atoms with Crippen LogP contribution in [0.25, 0.3) is 0 Å². The Morgan fingerprint density at radius 1 is 1.28 bits per heavy atom. The molecule has 0 spiro atoms. The van der Waals surface area contributed by atoms with Crippen molar-refractivity contribution in [3.05, 3.63) is 28.8 Å². The van der Waals surface area contributed by atoms with Crippen LogP contribution >= 0.6 is 11.6 Å². The van der Waals surface area contributed by atoms with Crippen LogP contribution in [0.1, 0.15) is 36.0 Å². The molecule has 0 radical (unpaired) electrons. The molecule has 3 nitrogen and oxygen atoms in total. The number of aliphatic hydroxyl groups is 1. The molecule has 18 heavy (non-hydrogen) atoms. The average Bonchev–Trinajstić information content (AvgIpc) is 2.61. The summed E-state index contributed by atoms with van der Waals surface area (Å²) in [7, 11) is 0. The van der Waals surface area contributed by atoms with Crippen LogP contribution in [-0.2, 0) is 0 Å². The summed E-state index contributed by atoms with van der Waals surface area (Å²) in [6.45, 7) is 0. The molecule has 0 saturated carbocycles. The van der Waals surface area contributed by atoms with Gasteiger partial charge in [0.2, 0.25) is 0 Å². The number of rotatable bonds is 2. The number of fused-ring (bicyclic) bond motifs is 2. The first-order valence-electron chi connectivity index (χ1n) is 6.41. The van der Waals surface area contributed by atoms with E-state index in [0.29, 0.717) is 22.7 Å². The maximum absolute atomic E-state index is 11.2. The molecule has 2 heterocycles. The highest BCUT2D eigenvalue weighted by Crippen LogP contribution is 2.41. The van der Waals surface area contributed by atoms with Crippen LogP contribution in [0.4, 0.5) is 5.69 Å². The minimum Gasteiger partial charge on any atom is -0.393 e. The second-order valence-electron chi connectivity index (χ2n) is 5.21. The second kappa shape index (κ2) is 4.56. The van der Waals surface area contributed by atoms with Crippen molar-refractivity contribution in [1.82, 2.24) is 0 Å². The molecule has 1 aromatic rings. The van der Waals surface area contributed by atoms with Crippen LogP contribution in [0.3, 0.4) is 0 Å². The SMILES string of the molecule is O=Cc1c(Cl)cccc1N1C2CCC1CC(O)C2. The van der Waals surface area contributed by atoms with E-state index in [1.54, 1.807) is 6.07 Å². The van der Waals surface area contributed by atoms with Gasteiger partial charge in [-0.15, -0.1) is 0 Å². The lowest BCUT2D eigenvalue weighted by molar-refractivity contribution is 0.112. The van der Waals surface area contributed by atoms with Crippen LogP contribution < -0.4 is 4.90 Å². The Morgan fingerprint density at radius 3 is 2.56 bits per heavy atom. The van der Waals surface area contributed by atoms with Gasteiger partial charge in [0.05, 0.1) is 16.7 Å². The summed E-state index contributed by atoms with van der Waals surface area (Å²) in [5.74, 6) is 0. The summed E-state index contributed by atoms with van der Waals surface area (Å²) >= 11 is 6.09. The molecule has 4 heteroatoms. The Bertz CT molecular complexity index is 463. The quantitative estimate of drug-likeness (QED) is 0.836. The van der Waals surface area contributed by atoms with E-state index in [0.717, 1.165) is 37.7 Å². The number of carbonyl (C=O) groups is 1. The van der Waals surface area contributed by atoms with Gasteiger partial charge in [-0.25, -0.2) is 0 Å². The van der Waals surface area contributed by atoms with Gasteiger partial charge in [0, 0.05) is 17.8 Å². The Kier molecular flexibility index (Phi) is 3.04. The van der Waals surface area contributed by atoms with Crippen LogP contribution in [0.15, 0.2) is 18.2 Å². The Hall–Kier alpha value is -1.06. The Morgan fingerprint density at radius 2 is 1.94 bits per heavy atom. The Labute approximate surface area is 111 Å². The van der Waals surface area contributed by atoms with Crippen molar-refractivity contribution in [3.8, 4) is 0 Å². The van der Waals surface area contributed by atoms with Crippen LogP contribution in [-0.4, -0.2) is 29.6 Å². The number of hydrogen-bond donors (Lipinski definition) is 1. The lowest BCUT2D eigenvalue weighted by Crippen LogP contribution is -2.45. The van der Waals surface area contributed by atoms with Gasteiger partial charge in [-0.2, -0.15) is 0 Å². The van der Waals surface area contributed by atoms with Gasteiger partial charge in [-0.1, -0.05) is 17.7 Å². The van der Waals surface area contributed by atoms with E-state index in [9.17, 15) is 9.90 Å². The summed E-state index contributed by atoms with van der Waals surface area (Å²) in [4.78, 5) is 13.5. The third kappa shape index (κ3) is 1.82. The molecule has 1 aromatic carbocycles. The number of anilines is 1. The maximum atomic E-state index is 11.2. The number of nitrogens with zero attached hydrogens (tertiary/aromatic N) is 1. The smallest absolute Gasteiger partial charge is 0.153 e. The van der Waals surface area contributed by atoms with E-state index in [-0.39, 0.29) is 6.10 Å². The van der Waals surface area contributed by atoms with E-state index in [1.807, 2.05) is 12.1 Å². The molecule has 1 N–H and O–H groups in total. The highest BCUT2D eigenvalue weighted by atomic mass is 35.5. The Balaban J connectivity index is 2.01. The van der Waals surface area contributed by atoms with Crippen molar-refractivity contribution in [3.63, 3.8) is 0 Å². The van der Waals surface area contributed by atoms with Gasteiger partial charge >= 0.3 is 0 Å². The predicted molar refractivity (Wildman–Crippen MR) is 71.4 cm³/mol. The zero-order chi connectivity index (χ0) is 12.7. The lowest BCUT2D eigenvalue weighted by atomic mass is 9.98. The van der Waals surface area contributed by atoms with Gasteiger partial charge in [-0.3, -0.25) is 4.79 Å². The first-order chi connectivity index (χ1) is 8.70. The fourth-order valence-electron chi connectivity index (χ4n) is 3.41. The van der Waals surface area contributed by atoms with Gasteiger partial charge in [0.25, 0.3) is 0 Å². The molecule has 2 aliphatic heterocycles. The van der Waals surface area contributed by atoms with Crippen LogP contribution in [0, 0.1) is 0 Å². The molecule has 0 amide bonds. The number of aldehydes is 1. The normalized spacial score (nSPS) is 30.6. The summed E-state index contributed by atoms with van der Waals surface area (Å²) in [5, 5.41) is 10.3. The van der Waals surface area contributed by atoms with Crippen molar-refractivity contribution < 1.29 is 9.90 Å². The van der Waals surface area contributed by atoms with Gasteiger partial charge in [0.15, 0.2) is 6.29 Å². The highest BCUT2D eigenvalue weighted by Gasteiger charge is 2.41. The number of benzene rings is 1. The van der Waals surface area contributed by atoms with E-state index >= 15 is 0 Å². The lowest BCUT2D eigenvalue weighted by Gasteiger charge is -2.39. The molecular formula is C14H16ClNO2. The fraction of sp³-hybridized carbons (Fsp3) is 0.500. The zero-order valence-corrected chi connectivity index (χ0v) is 10.8. The predicted octanol–water partition coefficient (Wildman–Crippen LogP) is 2.64. The van der Waals surface area contributed by atoms with Crippen molar-refractivity contribution in [2.75, 3.05) is 4.90 Å². The van der Waals surface area contributed by atoms with Crippen molar-refractivity contribution in [2.45, 2.75) is 43.9 Å². The summed E-state index contributed by atoms with van der Waals surface area (Å²) in [6, 6.07) is 6.27. The number of carbonyl (C=O) groups excluding carboxylic acids is 1. The van der Waals surface area contributed by atoms with E-state index in [4.69, 9.17) is 11.6 Å². The van der Waals surface area contributed by atoms with Gasteiger partial charge < -0.3 is 10.0 Å². The number of aliphatic hydroxyl groups excluding tert-OH is 1. The molecular weight excluding hydrogens is 250 g/mol. The number of hydrogen-bond acceptors (Lipinski definition) is 3. The average molecular weight is 266 g/mol. The first kappa shape index (κ1) is 12.0. The first-order valence-corrected chi connectivity index (χ1v) is 6.78. The minimum absolute atomic E-state index is 0.197. The third-order valence-corrected chi connectivity index (χ3v) is 4.46.